The molecule has 1 saturated heterocycles. The molecule has 1 fully saturated rings. The molecule has 1 N–H and O–H groups in total. The third-order valence-corrected chi connectivity index (χ3v) is 3.67. The first-order valence-electron chi connectivity index (χ1n) is 6.76. The van der Waals surface area contributed by atoms with E-state index in [0.717, 1.165) is 26.2 Å². The van der Waals surface area contributed by atoms with E-state index < -0.39 is 0 Å². The fourth-order valence-corrected chi connectivity index (χ4v) is 2.57. The van der Waals surface area contributed by atoms with Crippen LogP contribution in [-0.2, 0) is 0 Å². The topological polar surface area (TPSA) is 52.5 Å². The van der Waals surface area contributed by atoms with Gasteiger partial charge in [0.05, 0.1) is 23.3 Å². The largest absolute Gasteiger partial charge is 0.395 e. The van der Waals surface area contributed by atoms with Gasteiger partial charge in [-0.3, -0.25) is 14.9 Å². The normalized spacial score (nSPS) is 16.8. The molecule has 2 heterocycles. The lowest BCUT2D eigenvalue weighted by Crippen LogP contribution is -2.47. The summed E-state index contributed by atoms with van der Waals surface area (Å²) in [6.45, 7) is 4.02. The molecular formula is C14H17FN4O. The first-order chi connectivity index (χ1) is 9.78. The number of aromatic nitrogens is 2. The number of anilines is 1. The van der Waals surface area contributed by atoms with Gasteiger partial charge < -0.3 is 10.0 Å². The van der Waals surface area contributed by atoms with E-state index in [1.807, 2.05) is 4.90 Å². The molecule has 0 radical (unpaired) electrons. The molecule has 0 aliphatic carbocycles. The minimum absolute atomic E-state index is 0.167. The van der Waals surface area contributed by atoms with Gasteiger partial charge in [-0.15, -0.1) is 0 Å². The van der Waals surface area contributed by atoms with E-state index in [-0.39, 0.29) is 12.4 Å². The zero-order chi connectivity index (χ0) is 13.9. The number of hydrogen-bond acceptors (Lipinski definition) is 5. The lowest BCUT2D eigenvalue weighted by molar-refractivity contribution is 0.188. The van der Waals surface area contributed by atoms with Gasteiger partial charge in [0.1, 0.15) is 5.82 Å². The molecule has 0 spiro atoms. The van der Waals surface area contributed by atoms with E-state index in [1.165, 1.54) is 6.07 Å². The third-order valence-electron chi connectivity index (χ3n) is 3.67. The number of fused-ring (bicyclic) bond motifs is 1. The number of rotatable bonds is 3. The molecule has 1 aromatic carbocycles. The van der Waals surface area contributed by atoms with Crippen LogP contribution in [0.1, 0.15) is 0 Å². The summed E-state index contributed by atoms with van der Waals surface area (Å²) in [4.78, 5) is 12.5. The summed E-state index contributed by atoms with van der Waals surface area (Å²) in [5, 5.41) is 8.93. The number of benzene rings is 1. The predicted octanol–water partition coefficient (Wildman–Crippen LogP) is 0.883. The van der Waals surface area contributed by atoms with Crippen molar-refractivity contribution in [3.8, 4) is 0 Å². The Morgan fingerprint density at radius 2 is 1.70 bits per heavy atom. The molecule has 5 nitrogen and oxygen atoms in total. The number of β-amino-alcohol motifs (C(OH)–C–C–N with tert-alkyl or cyclic N) is 1. The molecule has 3 rings (SSSR count). The van der Waals surface area contributed by atoms with Gasteiger partial charge in [-0.2, -0.15) is 0 Å². The van der Waals surface area contributed by atoms with E-state index in [4.69, 9.17) is 5.11 Å². The van der Waals surface area contributed by atoms with E-state index in [2.05, 4.69) is 14.9 Å². The summed E-state index contributed by atoms with van der Waals surface area (Å²) >= 11 is 0. The maximum absolute atomic E-state index is 14.2. The Hall–Kier alpha value is -1.79. The number of aliphatic hydroxyl groups excluding tert-OH is 1. The molecule has 0 unspecified atom stereocenters. The summed E-state index contributed by atoms with van der Waals surface area (Å²) in [6, 6.07) is 3.21. The highest BCUT2D eigenvalue weighted by molar-refractivity contribution is 5.79. The van der Waals surface area contributed by atoms with Gasteiger partial charge >= 0.3 is 0 Å². The smallest absolute Gasteiger partial charge is 0.148 e. The van der Waals surface area contributed by atoms with Crippen molar-refractivity contribution in [2.24, 2.45) is 0 Å². The Kier molecular flexibility index (Phi) is 3.75. The monoisotopic (exact) mass is 276 g/mol. The second kappa shape index (κ2) is 5.68. The molecule has 0 bridgehead atoms. The molecule has 0 saturated carbocycles. The van der Waals surface area contributed by atoms with Crippen LogP contribution in [0.3, 0.4) is 0 Å². The van der Waals surface area contributed by atoms with E-state index >= 15 is 0 Å². The summed E-state index contributed by atoms with van der Waals surface area (Å²) in [7, 11) is 0. The van der Waals surface area contributed by atoms with Crippen LogP contribution in [0.15, 0.2) is 24.5 Å². The van der Waals surface area contributed by atoms with Crippen molar-refractivity contribution >= 4 is 16.7 Å². The molecule has 6 heteroatoms. The Morgan fingerprint density at radius 3 is 2.35 bits per heavy atom. The van der Waals surface area contributed by atoms with Gasteiger partial charge in [-0.05, 0) is 6.07 Å². The second-order valence-corrected chi connectivity index (χ2v) is 4.90. The summed E-state index contributed by atoms with van der Waals surface area (Å²) in [5.41, 5.74) is 1.87. The van der Waals surface area contributed by atoms with Crippen molar-refractivity contribution in [3.63, 3.8) is 0 Å². The molecule has 1 aliphatic rings. The van der Waals surface area contributed by atoms with Crippen molar-refractivity contribution in [1.29, 1.82) is 0 Å². The molecule has 2 aromatic rings. The Bertz CT molecular complexity index is 599. The van der Waals surface area contributed by atoms with Crippen LogP contribution in [0, 0.1) is 5.82 Å². The predicted molar refractivity (Wildman–Crippen MR) is 75.2 cm³/mol. The Labute approximate surface area is 116 Å². The maximum atomic E-state index is 14.2. The van der Waals surface area contributed by atoms with Crippen LogP contribution in [0.2, 0.25) is 0 Å². The number of aliphatic hydroxyl groups is 1. The molecule has 0 amide bonds. The third kappa shape index (κ3) is 2.57. The average Bonchev–Trinajstić information content (AvgIpc) is 2.48. The molecule has 1 aromatic heterocycles. The van der Waals surface area contributed by atoms with Gasteiger partial charge in [0.2, 0.25) is 0 Å². The molecule has 20 heavy (non-hydrogen) atoms. The van der Waals surface area contributed by atoms with Crippen molar-refractivity contribution in [3.05, 3.63) is 30.3 Å². The van der Waals surface area contributed by atoms with Crippen LogP contribution >= 0.6 is 0 Å². The lowest BCUT2D eigenvalue weighted by Gasteiger charge is -2.35. The van der Waals surface area contributed by atoms with Gasteiger partial charge in [-0.1, -0.05) is 0 Å². The molecule has 1 aliphatic heterocycles. The van der Waals surface area contributed by atoms with E-state index in [9.17, 15) is 4.39 Å². The number of halogens is 1. The number of piperazine rings is 1. The van der Waals surface area contributed by atoms with Crippen LogP contribution in [0.4, 0.5) is 10.1 Å². The van der Waals surface area contributed by atoms with Gasteiger partial charge in [0.25, 0.3) is 0 Å². The number of nitrogens with zero attached hydrogens (tertiary/aromatic N) is 4. The van der Waals surface area contributed by atoms with E-state index in [0.29, 0.717) is 23.3 Å². The standard InChI is InChI=1S/C14H17FN4O/c15-11-9-12-13(17-2-1-16-12)10-14(11)19-5-3-18(4-6-19)7-8-20/h1-2,9-10,20H,3-8H2. The summed E-state index contributed by atoms with van der Waals surface area (Å²) in [5.74, 6) is -0.256. The second-order valence-electron chi connectivity index (χ2n) is 4.90. The van der Waals surface area contributed by atoms with Gasteiger partial charge in [0.15, 0.2) is 0 Å². The fraction of sp³-hybridized carbons (Fsp3) is 0.429. The molecule has 0 atom stereocenters. The number of hydrogen-bond donors (Lipinski definition) is 1. The zero-order valence-corrected chi connectivity index (χ0v) is 11.2. The average molecular weight is 276 g/mol. The van der Waals surface area contributed by atoms with Crippen molar-refractivity contribution in [2.45, 2.75) is 0 Å². The van der Waals surface area contributed by atoms with Crippen LogP contribution in [-0.4, -0.2) is 59.3 Å². The highest BCUT2D eigenvalue weighted by Crippen LogP contribution is 2.24. The van der Waals surface area contributed by atoms with Gasteiger partial charge in [-0.25, -0.2) is 4.39 Å². The zero-order valence-electron chi connectivity index (χ0n) is 11.2. The SMILES string of the molecule is OCCN1CCN(c2cc3nccnc3cc2F)CC1. The van der Waals surface area contributed by atoms with Crippen molar-refractivity contribution in [1.82, 2.24) is 14.9 Å². The van der Waals surface area contributed by atoms with Crippen molar-refractivity contribution < 1.29 is 9.50 Å². The minimum Gasteiger partial charge on any atom is -0.395 e. The fourth-order valence-electron chi connectivity index (χ4n) is 2.57. The highest BCUT2D eigenvalue weighted by atomic mass is 19.1. The lowest BCUT2D eigenvalue weighted by atomic mass is 10.2. The van der Waals surface area contributed by atoms with Gasteiger partial charge in [0, 0.05) is 51.2 Å². The summed E-state index contributed by atoms with van der Waals surface area (Å²) < 4.78 is 14.2. The van der Waals surface area contributed by atoms with Crippen LogP contribution in [0.25, 0.3) is 11.0 Å². The van der Waals surface area contributed by atoms with Crippen LogP contribution < -0.4 is 4.90 Å². The molecular weight excluding hydrogens is 259 g/mol. The quantitative estimate of drug-likeness (QED) is 0.902. The first kappa shape index (κ1) is 13.2. The van der Waals surface area contributed by atoms with Crippen molar-refractivity contribution in [2.75, 3.05) is 44.2 Å². The highest BCUT2D eigenvalue weighted by Gasteiger charge is 2.19. The first-order valence-corrected chi connectivity index (χ1v) is 6.76. The molecule has 106 valence electrons. The minimum atomic E-state index is -0.256. The van der Waals surface area contributed by atoms with Crippen LogP contribution in [0.5, 0.6) is 0 Å². The Balaban J connectivity index is 1.82. The summed E-state index contributed by atoms with van der Waals surface area (Å²) in [6.07, 6.45) is 3.18. The Morgan fingerprint density at radius 1 is 1.05 bits per heavy atom. The van der Waals surface area contributed by atoms with E-state index in [1.54, 1.807) is 18.5 Å². The maximum Gasteiger partial charge on any atom is 0.148 e.